The second-order valence-electron chi connectivity index (χ2n) is 10.8. The van der Waals surface area contributed by atoms with Crippen molar-refractivity contribution in [2.75, 3.05) is 13.1 Å². The number of carbonyl (C=O) groups excluding carboxylic acids is 2. The predicted molar refractivity (Wildman–Crippen MR) is 170 cm³/mol. The third-order valence-electron chi connectivity index (χ3n) is 7.71. The molecule has 1 saturated heterocycles. The van der Waals surface area contributed by atoms with Gasteiger partial charge in [-0.05, 0) is 71.8 Å². The van der Waals surface area contributed by atoms with Crippen molar-refractivity contribution >= 4 is 33.4 Å². The van der Waals surface area contributed by atoms with E-state index in [1.807, 2.05) is 48.5 Å². The second kappa shape index (κ2) is 14.6. The minimum absolute atomic E-state index is 0.130. The van der Waals surface area contributed by atoms with E-state index in [4.69, 9.17) is 11.6 Å². The van der Waals surface area contributed by atoms with Crippen LogP contribution in [0.25, 0.3) is 0 Å². The van der Waals surface area contributed by atoms with Gasteiger partial charge in [0.05, 0.1) is 4.90 Å². The van der Waals surface area contributed by atoms with E-state index >= 15 is 0 Å². The van der Waals surface area contributed by atoms with Gasteiger partial charge in [0.25, 0.3) is 0 Å². The minimum Gasteiger partial charge on any atom is -0.350 e. The number of carbonyl (C=O) groups is 2. The van der Waals surface area contributed by atoms with Gasteiger partial charge in [-0.15, -0.1) is 0 Å². The fourth-order valence-electron chi connectivity index (χ4n) is 5.31. The van der Waals surface area contributed by atoms with Crippen LogP contribution in [-0.4, -0.2) is 47.5 Å². The van der Waals surface area contributed by atoms with Gasteiger partial charge >= 0.3 is 0 Å². The summed E-state index contributed by atoms with van der Waals surface area (Å²) in [5, 5.41) is 3.57. The number of benzene rings is 3. The van der Waals surface area contributed by atoms with Crippen LogP contribution in [0.4, 0.5) is 0 Å². The molecule has 0 bridgehead atoms. The topological polar surface area (TPSA) is 99.7 Å². The minimum atomic E-state index is -3.51. The lowest BCUT2D eigenvalue weighted by molar-refractivity contribution is -0.141. The highest BCUT2D eigenvalue weighted by Gasteiger charge is 2.31. The zero-order chi connectivity index (χ0) is 30.9. The first-order chi connectivity index (χ1) is 21.3. The van der Waals surface area contributed by atoms with Gasteiger partial charge in [-0.3, -0.25) is 14.6 Å². The van der Waals surface area contributed by atoms with E-state index in [0.29, 0.717) is 30.1 Å². The summed E-state index contributed by atoms with van der Waals surface area (Å²) in [5.41, 5.74) is 3.20. The molecule has 4 aromatic rings. The summed E-state index contributed by atoms with van der Waals surface area (Å²) in [6, 6.07) is 26.0. The smallest absolute Gasteiger partial charge is 0.247 e. The normalized spacial score (nSPS) is 14.2. The Balaban J connectivity index is 1.37. The van der Waals surface area contributed by atoms with E-state index in [0.717, 1.165) is 29.5 Å². The standard InChI is InChI=1S/C34H35ClN4O4S/c35-30-15-10-27(11-16-30)25-39(33(29-8-2-1-3-9-29)34(41)37-24-28-7-6-20-36-23-28)32(40)19-14-26-12-17-31(18-13-26)44(42,43)38-21-4-5-22-38/h1-3,6-13,15-18,20,23,33H,4-5,14,19,21-22,24-25H2,(H,37,41)/t33-/m0/s1. The molecule has 1 aliphatic heterocycles. The Morgan fingerprint density at radius 2 is 1.55 bits per heavy atom. The zero-order valence-corrected chi connectivity index (χ0v) is 25.9. The summed E-state index contributed by atoms with van der Waals surface area (Å²) >= 11 is 6.12. The van der Waals surface area contributed by atoms with Crippen molar-refractivity contribution < 1.29 is 18.0 Å². The molecule has 1 atom stereocenters. The lowest BCUT2D eigenvalue weighted by Gasteiger charge is -2.32. The Labute approximate surface area is 263 Å². The van der Waals surface area contributed by atoms with Crippen LogP contribution in [0.2, 0.25) is 5.02 Å². The highest BCUT2D eigenvalue weighted by molar-refractivity contribution is 7.89. The van der Waals surface area contributed by atoms with Gasteiger partial charge in [-0.1, -0.05) is 72.3 Å². The molecule has 8 nitrogen and oxygen atoms in total. The predicted octanol–water partition coefficient (Wildman–Crippen LogP) is 5.54. The number of hydrogen-bond acceptors (Lipinski definition) is 5. The fraction of sp³-hybridized carbons (Fsp3) is 0.265. The number of hydrogen-bond donors (Lipinski definition) is 1. The average Bonchev–Trinajstić information content (AvgIpc) is 3.61. The molecule has 3 aromatic carbocycles. The van der Waals surface area contributed by atoms with Crippen LogP contribution in [0.5, 0.6) is 0 Å². The number of nitrogens with zero attached hydrogens (tertiary/aromatic N) is 3. The monoisotopic (exact) mass is 630 g/mol. The Hall–Kier alpha value is -4.05. The average molecular weight is 631 g/mol. The summed E-state index contributed by atoms with van der Waals surface area (Å²) in [4.78, 5) is 33.8. The van der Waals surface area contributed by atoms with Crippen molar-refractivity contribution in [3.63, 3.8) is 0 Å². The Morgan fingerprint density at radius 1 is 0.864 bits per heavy atom. The number of rotatable bonds is 12. The van der Waals surface area contributed by atoms with Crippen molar-refractivity contribution in [1.29, 1.82) is 0 Å². The maximum absolute atomic E-state index is 14.0. The lowest BCUT2D eigenvalue weighted by atomic mass is 10.0. The molecule has 1 aromatic heterocycles. The number of aromatic nitrogens is 1. The zero-order valence-electron chi connectivity index (χ0n) is 24.3. The van der Waals surface area contributed by atoms with E-state index in [9.17, 15) is 18.0 Å². The quantitative estimate of drug-likeness (QED) is 0.222. The fourth-order valence-corrected chi connectivity index (χ4v) is 6.95. The Morgan fingerprint density at radius 3 is 2.20 bits per heavy atom. The Kier molecular flexibility index (Phi) is 10.4. The maximum Gasteiger partial charge on any atom is 0.247 e. The van der Waals surface area contributed by atoms with Gasteiger partial charge in [0, 0.05) is 50.0 Å². The third kappa shape index (κ3) is 7.91. The van der Waals surface area contributed by atoms with E-state index in [1.54, 1.807) is 59.8 Å². The van der Waals surface area contributed by atoms with E-state index in [1.165, 1.54) is 4.31 Å². The van der Waals surface area contributed by atoms with Crippen molar-refractivity contribution in [3.05, 3.63) is 131 Å². The third-order valence-corrected chi connectivity index (χ3v) is 9.87. The van der Waals surface area contributed by atoms with Crippen LogP contribution in [-0.2, 0) is 39.1 Å². The van der Waals surface area contributed by atoms with Crippen molar-refractivity contribution in [2.45, 2.75) is 49.7 Å². The molecule has 10 heteroatoms. The molecule has 44 heavy (non-hydrogen) atoms. The highest BCUT2D eigenvalue weighted by Crippen LogP contribution is 2.26. The molecule has 1 fully saturated rings. The lowest BCUT2D eigenvalue weighted by Crippen LogP contribution is -2.43. The number of sulfonamides is 1. The molecular weight excluding hydrogens is 596 g/mol. The molecule has 5 rings (SSSR count). The SMILES string of the molecule is O=C(NCc1cccnc1)[C@H](c1ccccc1)N(Cc1ccc(Cl)cc1)C(=O)CCc1ccc(S(=O)(=O)N2CCCC2)cc1. The molecule has 2 amide bonds. The molecule has 2 heterocycles. The van der Waals surface area contributed by atoms with Gasteiger partial charge in [0.15, 0.2) is 0 Å². The van der Waals surface area contributed by atoms with E-state index in [-0.39, 0.29) is 36.2 Å². The maximum atomic E-state index is 14.0. The number of nitrogens with one attached hydrogen (secondary N) is 1. The van der Waals surface area contributed by atoms with Crippen LogP contribution in [0.1, 0.15) is 47.6 Å². The highest BCUT2D eigenvalue weighted by atomic mass is 35.5. The molecular formula is C34H35ClN4O4S. The molecule has 0 aliphatic carbocycles. The number of amides is 2. The summed E-state index contributed by atoms with van der Waals surface area (Å²) in [6.07, 6.45) is 5.62. The van der Waals surface area contributed by atoms with Crippen molar-refractivity contribution in [3.8, 4) is 0 Å². The van der Waals surface area contributed by atoms with Crippen LogP contribution in [0, 0.1) is 0 Å². The first kappa shape index (κ1) is 31.4. The molecule has 0 spiro atoms. The van der Waals surface area contributed by atoms with Gasteiger partial charge in [-0.2, -0.15) is 4.31 Å². The van der Waals surface area contributed by atoms with Crippen LogP contribution in [0.3, 0.4) is 0 Å². The molecule has 0 radical (unpaired) electrons. The molecule has 1 N–H and O–H groups in total. The number of halogens is 1. The Bertz CT molecular complexity index is 1650. The number of aryl methyl sites for hydroxylation is 1. The summed E-state index contributed by atoms with van der Waals surface area (Å²) in [7, 11) is -3.51. The van der Waals surface area contributed by atoms with Gasteiger partial charge in [0.2, 0.25) is 21.8 Å². The van der Waals surface area contributed by atoms with Crippen LogP contribution >= 0.6 is 11.6 Å². The van der Waals surface area contributed by atoms with Crippen LogP contribution < -0.4 is 5.32 Å². The summed E-state index contributed by atoms with van der Waals surface area (Å²) < 4.78 is 27.4. The van der Waals surface area contributed by atoms with Crippen molar-refractivity contribution in [1.82, 2.24) is 19.5 Å². The molecule has 0 saturated carbocycles. The van der Waals surface area contributed by atoms with Gasteiger partial charge in [0.1, 0.15) is 6.04 Å². The first-order valence-electron chi connectivity index (χ1n) is 14.7. The van der Waals surface area contributed by atoms with E-state index in [2.05, 4.69) is 10.3 Å². The van der Waals surface area contributed by atoms with Gasteiger partial charge in [-0.25, -0.2) is 8.42 Å². The van der Waals surface area contributed by atoms with Crippen LogP contribution in [0.15, 0.2) is 108 Å². The number of pyridine rings is 1. The van der Waals surface area contributed by atoms with Gasteiger partial charge < -0.3 is 10.2 Å². The largest absolute Gasteiger partial charge is 0.350 e. The molecule has 0 unspecified atom stereocenters. The first-order valence-corrected chi connectivity index (χ1v) is 16.5. The summed E-state index contributed by atoms with van der Waals surface area (Å²) in [6.45, 7) is 1.55. The summed E-state index contributed by atoms with van der Waals surface area (Å²) in [5.74, 6) is -0.516. The van der Waals surface area contributed by atoms with Crippen molar-refractivity contribution in [2.24, 2.45) is 0 Å². The molecule has 1 aliphatic rings. The van der Waals surface area contributed by atoms with E-state index < -0.39 is 16.1 Å². The second-order valence-corrected chi connectivity index (χ2v) is 13.2. The molecule has 228 valence electrons.